The van der Waals surface area contributed by atoms with Crippen LogP contribution in [-0.4, -0.2) is 30.5 Å². The molecule has 0 saturated carbocycles. The fraction of sp³-hybridized carbons (Fsp3) is 0.533. The SMILES string of the molecule is Br.CCN1CCN=C1NCc1cccc(C(C)C)c1. The first-order chi connectivity index (χ1) is 8.70. The van der Waals surface area contributed by atoms with E-state index in [2.05, 4.69) is 60.2 Å². The molecule has 0 amide bonds. The highest BCUT2D eigenvalue weighted by atomic mass is 79.9. The van der Waals surface area contributed by atoms with Gasteiger partial charge in [0.25, 0.3) is 0 Å². The molecule has 1 heterocycles. The highest BCUT2D eigenvalue weighted by Crippen LogP contribution is 2.15. The van der Waals surface area contributed by atoms with Crippen LogP contribution in [0.15, 0.2) is 29.3 Å². The molecule has 1 aromatic carbocycles. The van der Waals surface area contributed by atoms with Gasteiger partial charge in [-0.1, -0.05) is 38.1 Å². The third-order valence-corrected chi connectivity index (χ3v) is 3.38. The Labute approximate surface area is 126 Å². The summed E-state index contributed by atoms with van der Waals surface area (Å²) >= 11 is 0. The third-order valence-electron chi connectivity index (χ3n) is 3.38. The lowest BCUT2D eigenvalue weighted by molar-refractivity contribution is 0.466. The lowest BCUT2D eigenvalue weighted by atomic mass is 10.0. The summed E-state index contributed by atoms with van der Waals surface area (Å²) in [5.74, 6) is 1.63. The fourth-order valence-corrected chi connectivity index (χ4v) is 2.20. The van der Waals surface area contributed by atoms with Gasteiger partial charge in [-0.2, -0.15) is 0 Å². The molecule has 4 heteroatoms. The highest BCUT2D eigenvalue weighted by molar-refractivity contribution is 8.93. The number of nitrogens with one attached hydrogen (secondary N) is 1. The second-order valence-electron chi connectivity index (χ2n) is 5.04. The minimum Gasteiger partial charge on any atom is -0.352 e. The van der Waals surface area contributed by atoms with Gasteiger partial charge in [-0.05, 0) is 24.0 Å². The Hall–Kier alpha value is -1.03. The molecule has 0 bridgehead atoms. The molecule has 0 spiro atoms. The van der Waals surface area contributed by atoms with Crippen molar-refractivity contribution >= 4 is 22.9 Å². The number of hydrogen-bond donors (Lipinski definition) is 1. The molecule has 0 saturated heterocycles. The molecule has 1 N–H and O–H groups in total. The van der Waals surface area contributed by atoms with Crippen LogP contribution in [0.25, 0.3) is 0 Å². The van der Waals surface area contributed by atoms with Gasteiger partial charge in [-0.25, -0.2) is 0 Å². The van der Waals surface area contributed by atoms with E-state index in [-0.39, 0.29) is 17.0 Å². The van der Waals surface area contributed by atoms with Crippen LogP contribution in [-0.2, 0) is 6.54 Å². The van der Waals surface area contributed by atoms with Crippen molar-refractivity contribution in [2.24, 2.45) is 4.99 Å². The van der Waals surface area contributed by atoms with E-state index in [1.165, 1.54) is 11.1 Å². The summed E-state index contributed by atoms with van der Waals surface area (Å²) in [7, 11) is 0. The van der Waals surface area contributed by atoms with E-state index in [1.54, 1.807) is 0 Å². The van der Waals surface area contributed by atoms with E-state index in [9.17, 15) is 0 Å². The van der Waals surface area contributed by atoms with Crippen LogP contribution >= 0.6 is 17.0 Å². The standard InChI is InChI=1S/C15H23N3.BrH/c1-4-18-9-8-16-15(18)17-11-13-6-5-7-14(10-13)12(2)3;/h5-7,10,12H,4,8-9,11H2,1-3H3,(H,16,17);1H. The molecule has 1 aromatic rings. The number of benzene rings is 1. The Morgan fingerprint density at radius 2 is 2.16 bits per heavy atom. The van der Waals surface area contributed by atoms with Gasteiger partial charge in [0.15, 0.2) is 5.96 Å². The first-order valence-corrected chi connectivity index (χ1v) is 6.82. The van der Waals surface area contributed by atoms with Crippen molar-refractivity contribution in [3.63, 3.8) is 0 Å². The normalized spacial score (nSPS) is 14.3. The van der Waals surface area contributed by atoms with E-state index in [1.807, 2.05) is 0 Å². The summed E-state index contributed by atoms with van der Waals surface area (Å²) in [6.45, 7) is 10.5. The van der Waals surface area contributed by atoms with Gasteiger partial charge in [0, 0.05) is 19.6 Å². The van der Waals surface area contributed by atoms with Crippen molar-refractivity contribution in [3.8, 4) is 0 Å². The van der Waals surface area contributed by atoms with Gasteiger partial charge < -0.3 is 10.2 Å². The zero-order chi connectivity index (χ0) is 13.0. The zero-order valence-corrected chi connectivity index (χ0v) is 13.7. The fourth-order valence-electron chi connectivity index (χ4n) is 2.20. The number of aliphatic imine (C=N–C) groups is 1. The maximum atomic E-state index is 4.49. The largest absolute Gasteiger partial charge is 0.352 e. The predicted octanol–water partition coefficient (Wildman–Crippen LogP) is 3.17. The first kappa shape index (κ1) is 16.0. The molecule has 0 radical (unpaired) electrons. The third kappa shape index (κ3) is 4.23. The Kier molecular flexibility index (Phi) is 6.35. The molecule has 2 rings (SSSR count). The Bertz CT molecular complexity index is 429. The van der Waals surface area contributed by atoms with Gasteiger partial charge in [0.2, 0.25) is 0 Å². The van der Waals surface area contributed by atoms with Crippen LogP contribution in [0.1, 0.15) is 37.8 Å². The van der Waals surface area contributed by atoms with Crippen molar-refractivity contribution in [1.82, 2.24) is 10.2 Å². The van der Waals surface area contributed by atoms with Crippen molar-refractivity contribution in [3.05, 3.63) is 35.4 Å². The number of halogens is 1. The summed E-state index contributed by atoms with van der Waals surface area (Å²) in [5, 5.41) is 3.44. The monoisotopic (exact) mass is 325 g/mol. The molecular formula is C15H24BrN3. The number of nitrogens with zero attached hydrogens (tertiary/aromatic N) is 2. The number of rotatable bonds is 4. The Morgan fingerprint density at radius 1 is 1.37 bits per heavy atom. The van der Waals surface area contributed by atoms with Crippen LogP contribution in [0.4, 0.5) is 0 Å². The van der Waals surface area contributed by atoms with Crippen molar-refractivity contribution < 1.29 is 0 Å². The van der Waals surface area contributed by atoms with Gasteiger partial charge in [0.05, 0.1) is 6.54 Å². The number of likely N-dealkylation sites (N-methyl/N-ethyl adjacent to an activating group) is 1. The minimum atomic E-state index is 0. The summed E-state index contributed by atoms with van der Waals surface area (Å²) in [4.78, 5) is 6.78. The second-order valence-corrected chi connectivity index (χ2v) is 5.04. The van der Waals surface area contributed by atoms with E-state index >= 15 is 0 Å². The topological polar surface area (TPSA) is 27.6 Å². The highest BCUT2D eigenvalue weighted by Gasteiger charge is 2.14. The van der Waals surface area contributed by atoms with Gasteiger partial charge in [0.1, 0.15) is 0 Å². The summed E-state index contributed by atoms with van der Waals surface area (Å²) < 4.78 is 0. The van der Waals surface area contributed by atoms with Gasteiger partial charge in [-0.15, -0.1) is 17.0 Å². The lowest BCUT2D eigenvalue weighted by Crippen LogP contribution is -2.37. The average molecular weight is 326 g/mol. The Balaban J connectivity index is 0.00000180. The molecule has 1 aliphatic rings. The minimum absolute atomic E-state index is 0. The van der Waals surface area contributed by atoms with E-state index in [4.69, 9.17) is 0 Å². The predicted molar refractivity (Wildman–Crippen MR) is 87.2 cm³/mol. The molecule has 19 heavy (non-hydrogen) atoms. The quantitative estimate of drug-likeness (QED) is 0.920. The van der Waals surface area contributed by atoms with Gasteiger partial charge >= 0.3 is 0 Å². The molecule has 0 aliphatic carbocycles. The molecule has 106 valence electrons. The molecule has 0 fully saturated rings. The van der Waals surface area contributed by atoms with Crippen LogP contribution < -0.4 is 5.32 Å². The van der Waals surface area contributed by atoms with Crippen LogP contribution in [0, 0.1) is 0 Å². The average Bonchev–Trinajstić information content (AvgIpc) is 2.84. The Morgan fingerprint density at radius 3 is 2.84 bits per heavy atom. The van der Waals surface area contributed by atoms with Crippen molar-refractivity contribution in [2.45, 2.75) is 33.2 Å². The molecule has 3 nitrogen and oxygen atoms in total. The van der Waals surface area contributed by atoms with E-state index < -0.39 is 0 Å². The number of hydrogen-bond acceptors (Lipinski definition) is 3. The molecular weight excluding hydrogens is 302 g/mol. The van der Waals surface area contributed by atoms with Crippen LogP contribution in [0.2, 0.25) is 0 Å². The van der Waals surface area contributed by atoms with Crippen molar-refractivity contribution in [2.75, 3.05) is 19.6 Å². The maximum absolute atomic E-state index is 4.49. The lowest BCUT2D eigenvalue weighted by Gasteiger charge is -2.19. The smallest absolute Gasteiger partial charge is 0.194 e. The second kappa shape index (κ2) is 7.53. The summed E-state index contributed by atoms with van der Waals surface area (Å²) in [6, 6.07) is 8.79. The molecule has 0 aromatic heterocycles. The van der Waals surface area contributed by atoms with E-state index in [0.29, 0.717) is 5.92 Å². The maximum Gasteiger partial charge on any atom is 0.194 e. The van der Waals surface area contributed by atoms with Crippen LogP contribution in [0.3, 0.4) is 0 Å². The molecule has 0 unspecified atom stereocenters. The first-order valence-electron chi connectivity index (χ1n) is 6.82. The zero-order valence-electron chi connectivity index (χ0n) is 12.0. The van der Waals surface area contributed by atoms with Crippen molar-refractivity contribution in [1.29, 1.82) is 0 Å². The molecule has 1 aliphatic heterocycles. The van der Waals surface area contributed by atoms with E-state index in [0.717, 1.165) is 32.1 Å². The van der Waals surface area contributed by atoms with Crippen LogP contribution in [0.5, 0.6) is 0 Å². The van der Waals surface area contributed by atoms with Gasteiger partial charge in [-0.3, -0.25) is 4.99 Å². The number of guanidine groups is 1. The molecule has 0 atom stereocenters. The summed E-state index contributed by atoms with van der Waals surface area (Å²) in [6.07, 6.45) is 0. The summed E-state index contributed by atoms with van der Waals surface area (Å²) in [5.41, 5.74) is 2.72.